The normalized spacial score (nSPS) is 20.8. The summed E-state index contributed by atoms with van der Waals surface area (Å²) in [6.45, 7) is 26.2. The maximum Gasteiger partial charge on any atom is 0.252 e. The lowest BCUT2D eigenvalue weighted by molar-refractivity contribution is 0.195. The third kappa shape index (κ3) is 5.63. The zero-order chi connectivity index (χ0) is 45.9. The number of nitrogens with zero attached hydrogens (tertiary/aromatic N) is 3. The van der Waals surface area contributed by atoms with Gasteiger partial charge in [-0.1, -0.05) is 154 Å². The molecule has 1 fully saturated rings. The van der Waals surface area contributed by atoms with Gasteiger partial charge in [0.1, 0.15) is 0 Å². The van der Waals surface area contributed by atoms with Crippen molar-refractivity contribution in [1.29, 1.82) is 0 Å². The maximum absolute atomic E-state index is 2.76. The SMILES string of the molecule is Cc1cc2c3c(c1)N(c1ccc4c(c1)C(C)(C)c1ccccc1-4)c1cc(N4c5ccccc5C5(C)CCCCC45C)ccc1B3c1cc(C(C)(C)C)ccc1N2c1ccc(C(C)(C)C)cc1. The van der Waals surface area contributed by atoms with E-state index in [-0.39, 0.29) is 33.9 Å². The first-order chi connectivity index (χ1) is 31.4. The third-order valence-corrected chi connectivity index (χ3v) is 17.1. The third-order valence-electron chi connectivity index (χ3n) is 17.1. The molecule has 3 nitrogen and oxygen atoms in total. The first kappa shape index (κ1) is 41.4. The van der Waals surface area contributed by atoms with Crippen LogP contribution in [0.3, 0.4) is 0 Å². The summed E-state index contributed by atoms with van der Waals surface area (Å²) >= 11 is 0. The van der Waals surface area contributed by atoms with Crippen LogP contribution in [-0.4, -0.2) is 12.3 Å². The molecule has 2 aliphatic carbocycles. The van der Waals surface area contributed by atoms with Crippen LogP contribution in [0.25, 0.3) is 11.1 Å². The molecule has 0 radical (unpaired) electrons. The molecule has 1 saturated carbocycles. The van der Waals surface area contributed by atoms with Crippen LogP contribution in [-0.2, 0) is 21.7 Å². The average Bonchev–Trinajstić information content (AvgIpc) is 3.65. The molecule has 0 N–H and O–H groups in total. The fourth-order valence-corrected chi connectivity index (χ4v) is 13.3. The van der Waals surface area contributed by atoms with Gasteiger partial charge in [0, 0.05) is 56.3 Å². The zero-order valence-electron chi connectivity index (χ0n) is 41.0. The van der Waals surface area contributed by atoms with Crippen molar-refractivity contribution in [3.05, 3.63) is 173 Å². The molecule has 2 atom stereocenters. The molecule has 0 amide bonds. The van der Waals surface area contributed by atoms with E-state index in [1.807, 2.05) is 0 Å². The largest absolute Gasteiger partial charge is 0.334 e. The van der Waals surface area contributed by atoms with Crippen LogP contribution in [0.5, 0.6) is 0 Å². The van der Waals surface area contributed by atoms with Gasteiger partial charge in [-0.05, 0) is 159 Å². The van der Waals surface area contributed by atoms with E-state index in [0.717, 1.165) is 0 Å². The van der Waals surface area contributed by atoms with E-state index < -0.39 is 0 Å². The Labute approximate surface area is 394 Å². The zero-order valence-corrected chi connectivity index (χ0v) is 41.0. The van der Waals surface area contributed by atoms with Crippen molar-refractivity contribution in [2.45, 2.75) is 129 Å². The van der Waals surface area contributed by atoms with Crippen molar-refractivity contribution in [3.8, 4) is 11.1 Å². The highest BCUT2D eigenvalue weighted by molar-refractivity contribution is 7.00. The predicted molar refractivity (Wildman–Crippen MR) is 283 cm³/mol. The molecule has 66 heavy (non-hydrogen) atoms. The molecule has 3 heterocycles. The van der Waals surface area contributed by atoms with Gasteiger partial charge in [-0.2, -0.15) is 0 Å². The Hall–Kier alpha value is -6.00. The van der Waals surface area contributed by atoms with Crippen molar-refractivity contribution >= 4 is 68.6 Å². The van der Waals surface area contributed by atoms with Gasteiger partial charge in [-0.15, -0.1) is 0 Å². The molecule has 7 aromatic rings. The molecule has 4 heteroatoms. The van der Waals surface area contributed by atoms with Gasteiger partial charge in [0.25, 0.3) is 6.71 Å². The molecular formula is C62H64BN3. The summed E-state index contributed by atoms with van der Waals surface area (Å²) in [7, 11) is 0. The number of para-hydroxylation sites is 1. The smallest absolute Gasteiger partial charge is 0.252 e. The van der Waals surface area contributed by atoms with Gasteiger partial charge in [-0.3, -0.25) is 0 Å². The lowest BCUT2D eigenvalue weighted by atomic mass is 9.33. The lowest BCUT2D eigenvalue weighted by Gasteiger charge is -2.50. The van der Waals surface area contributed by atoms with E-state index in [1.54, 1.807) is 0 Å². The van der Waals surface area contributed by atoms with E-state index in [1.165, 1.54) is 132 Å². The Morgan fingerprint density at radius 3 is 1.80 bits per heavy atom. The second kappa shape index (κ2) is 13.8. The van der Waals surface area contributed by atoms with E-state index >= 15 is 0 Å². The van der Waals surface area contributed by atoms with E-state index in [9.17, 15) is 0 Å². The first-order valence-electron chi connectivity index (χ1n) is 24.7. The minimum absolute atomic E-state index is 0.0159. The summed E-state index contributed by atoms with van der Waals surface area (Å²) in [5, 5.41) is 0. The van der Waals surface area contributed by atoms with Crippen LogP contribution in [0.15, 0.2) is 140 Å². The van der Waals surface area contributed by atoms with Crippen molar-refractivity contribution in [1.82, 2.24) is 0 Å². The van der Waals surface area contributed by atoms with Gasteiger partial charge in [0.05, 0.1) is 5.54 Å². The summed E-state index contributed by atoms with van der Waals surface area (Å²) < 4.78 is 0. The molecule has 330 valence electrons. The monoisotopic (exact) mass is 862 g/mol. The molecule has 0 spiro atoms. The molecule has 0 saturated heterocycles. The van der Waals surface area contributed by atoms with Crippen LogP contribution in [0.1, 0.15) is 128 Å². The first-order valence-corrected chi connectivity index (χ1v) is 24.7. The Morgan fingerprint density at radius 2 is 1.08 bits per heavy atom. The molecule has 0 bridgehead atoms. The van der Waals surface area contributed by atoms with Crippen LogP contribution in [0, 0.1) is 6.92 Å². The number of anilines is 8. The fraction of sp³-hybridized carbons (Fsp3) is 0.323. The van der Waals surface area contributed by atoms with E-state index in [2.05, 4.69) is 230 Å². The summed E-state index contributed by atoms with van der Waals surface area (Å²) in [5.41, 5.74) is 25.1. The number of aryl methyl sites for hydroxylation is 1. The van der Waals surface area contributed by atoms with Gasteiger partial charge in [-0.25, -0.2) is 0 Å². The minimum Gasteiger partial charge on any atom is -0.334 e. The van der Waals surface area contributed by atoms with Crippen molar-refractivity contribution in [3.63, 3.8) is 0 Å². The highest BCUT2D eigenvalue weighted by Gasteiger charge is 2.58. The van der Waals surface area contributed by atoms with E-state index in [0.29, 0.717) is 0 Å². The summed E-state index contributed by atoms with van der Waals surface area (Å²) in [4.78, 5) is 7.99. The highest BCUT2D eigenvalue weighted by Crippen LogP contribution is 2.61. The second-order valence-corrected chi connectivity index (χ2v) is 23.5. The standard InChI is InChI=1S/C62H64BN3/c1-39-34-55-57-56(35-39)65(43-27-29-46-45-18-12-13-19-47(45)60(8,9)49(46)37-43)54-38-44(66-52-21-15-14-20-48(52)61(10)32-16-17-33-62(61,66)11)28-30-50(54)63(57)51-36-41(59(5,6)7)24-31-53(51)64(55)42-25-22-40(23-26-42)58(2,3)4/h12-15,18-31,34-38H,16-17,32-33H2,1-11H3. The van der Waals surface area contributed by atoms with Crippen molar-refractivity contribution < 1.29 is 0 Å². The molecular weight excluding hydrogens is 798 g/mol. The molecule has 0 aromatic heterocycles. The van der Waals surface area contributed by atoms with Gasteiger partial charge in [0.2, 0.25) is 0 Å². The topological polar surface area (TPSA) is 9.72 Å². The Balaban J connectivity index is 1.14. The summed E-state index contributed by atoms with van der Waals surface area (Å²) in [6.07, 6.45) is 4.91. The molecule has 7 aromatic carbocycles. The Kier molecular flexibility index (Phi) is 8.65. The fourth-order valence-electron chi connectivity index (χ4n) is 13.3. The Morgan fingerprint density at radius 1 is 0.470 bits per heavy atom. The second-order valence-electron chi connectivity index (χ2n) is 23.5. The summed E-state index contributed by atoms with van der Waals surface area (Å²) in [6, 6.07) is 55.0. The van der Waals surface area contributed by atoms with Crippen LogP contribution in [0.2, 0.25) is 0 Å². The Bertz CT molecular complexity index is 3160. The maximum atomic E-state index is 2.76. The lowest BCUT2D eigenvalue weighted by Crippen LogP contribution is -2.61. The molecule has 5 aliphatic rings. The minimum atomic E-state index is -0.130. The van der Waals surface area contributed by atoms with Crippen LogP contribution >= 0.6 is 0 Å². The number of rotatable bonds is 3. The van der Waals surface area contributed by atoms with Crippen LogP contribution < -0.4 is 31.1 Å². The van der Waals surface area contributed by atoms with Gasteiger partial charge >= 0.3 is 0 Å². The van der Waals surface area contributed by atoms with Gasteiger partial charge < -0.3 is 14.7 Å². The van der Waals surface area contributed by atoms with Crippen LogP contribution in [0.4, 0.5) is 45.5 Å². The highest BCUT2D eigenvalue weighted by atomic mass is 15.3. The number of fused-ring (bicyclic) bond motifs is 10. The number of hydrogen-bond donors (Lipinski definition) is 0. The quantitative estimate of drug-likeness (QED) is 0.164. The predicted octanol–water partition coefficient (Wildman–Crippen LogP) is 14.7. The molecule has 2 unspecified atom stereocenters. The van der Waals surface area contributed by atoms with Crippen molar-refractivity contribution in [2.24, 2.45) is 0 Å². The number of benzene rings is 7. The summed E-state index contributed by atoms with van der Waals surface area (Å²) in [5.74, 6) is 0. The van der Waals surface area contributed by atoms with E-state index in [4.69, 9.17) is 0 Å². The van der Waals surface area contributed by atoms with Crippen molar-refractivity contribution in [2.75, 3.05) is 14.7 Å². The van der Waals surface area contributed by atoms with Gasteiger partial charge in [0.15, 0.2) is 0 Å². The average molecular weight is 862 g/mol. The molecule has 12 rings (SSSR count). The number of hydrogen-bond acceptors (Lipinski definition) is 3. The molecule has 3 aliphatic heterocycles.